The number of amides is 1. The van der Waals surface area contributed by atoms with E-state index in [4.69, 9.17) is 4.52 Å². The molecule has 2 rings (SSSR count). The highest BCUT2D eigenvalue weighted by atomic mass is 79.9. The van der Waals surface area contributed by atoms with Gasteiger partial charge in [-0.2, -0.15) is 4.98 Å². The number of nitrogens with one attached hydrogen (secondary N) is 1. The summed E-state index contributed by atoms with van der Waals surface area (Å²) in [7, 11) is 0. The van der Waals surface area contributed by atoms with Crippen LogP contribution in [-0.4, -0.2) is 16.0 Å². The van der Waals surface area contributed by atoms with Crippen LogP contribution in [0.15, 0.2) is 33.3 Å². The fourth-order valence-electron chi connectivity index (χ4n) is 2.58. The maximum Gasteiger partial charge on any atom is 0.227 e. The van der Waals surface area contributed by atoms with E-state index < -0.39 is 5.54 Å². The first-order valence-corrected chi connectivity index (χ1v) is 9.72. The van der Waals surface area contributed by atoms with Crippen molar-refractivity contribution < 1.29 is 9.32 Å². The first-order chi connectivity index (χ1) is 12.0. The number of rotatable bonds is 6. The van der Waals surface area contributed by atoms with E-state index in [1.807, 2.05) is 45.0 Å². The Bertz CT molecular complexity index is 747. The highest BCUT2D eigenvalue weighted by Gasteiger charge is 2.32. The van der Waals surface area contributed by atoms with Crippen LogP contribution in [0.1, 0.15) is 65.2 Å². The van der Waals surface area contributed by atoms with Crippen LogP contribution in [0.25, 0.3) is 0 Å². The van der Waals surface area contributed by atoms with Gasteiger partial charge in [-0.05, 0) is 30.5 Å². The molecule has 0 spiro atoms. The van der Waals surface area contributed by atoms with Gasteiger partial charge in [0, 0.05) is 22.7 Å². The summed E-state index contributed by atoms with van der Waals surface area (Å²) in [6, 6.07) is 8.07. The van der Waals surface area contributed by atoms with Gasteiger partial charge in [-0.15, -0.1) is 0 Å². The smallest absolute Gasteiger partial charge is 0.227 e. The van der Waals surface area contributed by atoms with Gasteiger partial charge in [-0.3, -0.25) is 4.79 Å². The summed E-state index contributed by atoms with van der Waals surface area (Å²) in [5, 5.41) is 7.19. The molecule has 1 amide bonds. The lowest BCUT2D eigenvalue weighted by molar-refractivity contribution is -0.123. The molecular formula is C20H28BrN3O2. The quantitative estimate of drug-likeness (QED) is 0.730. The summed E-state index contributed by atoms with van der Waals surface area (Å²) < 4.78 is 6.29. The van der Waals surface area contributed by atoms with Gasteiger partial charge in [0.25, 0.3) is 0 Å². The maximum atomic E-state index is 12.6. The van der Waals surface area contributed by atoms with Crippen LogP contribution in [0, 0.1) is 5.92 Å². The number of aryl methyl sites for hydroxylation is 1. The molecule has 1 atom stereocenters. The molecule has 26 heavy (non-hydrogen) atoms. The Kier molecular flexibility index (Phi) is 6.27. The maximum absolute atomic E-state index is 12.6. The lowest BCUT2D eigenvalue weighted by atomic mass is 9.81. The molecule has 0 saturated carbocycles. The molecule has 1 heterocycles. The van der Waals surface area contributed by atoms with Crippen LogP contribution in [0.4, 0.5) is 0 Å². The fraction of sp³-hybridized carbons (Fsp3) is 0.550. The number of carbonyl (C=O) groups excluding carboxylic acids is 1. The molecule has 1 aromatic heterocycles. The van der Waals surface area contributed by atoms with Gasteiger partial charge < -0.3 is 9.84 Å². The van der Waals surface area contributed by atoms with Crippen molar-refractivity contribution >= 4 is 21.8 Å². The van der Waals surface area contributed by atoms with Crippen molar-refractivity contribution in [1.82, 2.24) is 15.5 Å². The van der Waals surface area contributed by atoms with Crippen molar-refractivity contribution in [2.75, 3.05) is 0 Å². The van der Waals surface area contributed by atoms with Crippen molar-refractivity contribution in [1.29, 1.82) is 0 Å². The van der Waals surface area contributed by atoms with Crippen molar-refractivity contribution in [2.45, 2.75) is 65.3 Å². The standard InChI is InChI=1S/C20H28BrN3O2/c1-13(2)20(6,14-7-9-15(21)10-8-14)23-16(25)11-12-17-22-18(24-26-17)19(3,4)5/h7-10,13H,11-12H2,1-6H3,(H,23,25). The molecule has 0 aliphatic carbocycles. The summed E-state index contributed by atoms with van der Waals surface area (Å²) in [6.45, 7) is 12.4. The van der Waals surface area contributed by atoms with Crippen LogP contribution in [0.5, 0.6) is 0 Å². The summed E-state index contributed by atoms with van der Waals surface area (Å²) in [6.07, 6.45) is 0.744. The molecule has 0 saturated heterocycles. The first kappa shape index (κ1) is 20.6. The van der Waals surface area contributed by atoms with Gasteiger partial charge in [-0.1, -0.05) is 67.8 Å². The van der Waals surface area contributed by atoms with E-state index in [0.717, 1.165) is 10.0 Å². The summed E-state index contributed by atoms with van der Waals surface area (Å²) in [4.78, 5) is 17.0. The van der Waals surface area contributed by atoms with Crippen LogP contribution in [0.3, 0.4) is 0 Å². The monoisotopic (exact) mass is 421 g/mol. The summed E-state index contributed by atoms with van der Waals surface area (Å²) >= 11 is 3.46. The predicted octanol–water partition coefficient (Wildman–Crippen LogP) is 4.75. The average molecular weight is 422 g/mol. The van der Waals surface area contributed by atoms with Gasteiger partial charge in [0.2, 0.25) is 11.8 Å². The zero-order valence-corrected chi connectivity index (χ0v) is 18.0. The van der Waals surface area contributed by atoms with Crippen molar-refractivity contribution in [3.63, 3.8) is 0 Å². The summed E-state index contributed by atoms with van der Waals surface area (Å²) in [5.74, 6) is 1.37. The molecule has 0 bridgehead atoms. The molecular weight excluding hydrogens is 394 g/mol. The summed E-state index contributed by atoms with van der Waals surface area (Å²) in [5.41, 5.74) is 0.474. The molecule has 5 nitrogen and oxygen atoms in total. The van der Waals surface area contributed by atoms with Gasteiger partial charge in [0.1, 0.15) is 0 Å². The molecule has 6 heteroatoms. The molecule has 0 aliphatic rings. The topological polar surface area (TPSA) is 68.0 Å². The van der Waals surface area contributed by atoms with Gasteiger partial charge in [0.05, 0.1) is 5.54 Å². The van der Waals surface area contributed by atoms with Gasteiger partial charge >= 0.3 is 0 Å². The minimum atomic E-state index is -0.441. The third kappa shape index (κ3) is 4.93. The second-order valence-electron chi connectivity index (χ2n) is 8.17. The van der Waals surface area contributed by atoms with Gasteiger partial charge in [-0.25, -0.2) is 0 Å². The molecule has 142 valence electrons. The van der Waals surface area contributed by atoms with Crippen LogP contribution >= 0.6 is 15.9 Å². The highest BCUT2D eigenvalue weighted by Crippen LogP contribution is 2.30. The normalized spacial score (nSPS) is 14.3. The van der Waals surface area contributed by atoms with Crippen LogP contribution in [0.2, 0.25) is 0 Å². The van der Waals surface area contributed by atoms with E-state index in [1.54, 1.807) is 0 Å². The Hall–Kier alpha value is -1.69. The molecule has 0 aliphatic heterocycles. The van der Waals surface area contributed by atoms with E-state index in [2.05, 4.69) is 52.2 Å². The van der Waals surface area contributed by atoms with Gasteiger partial charge in [0.15, 0.2) is 5.82 Å². The number of benzene rings is 1. The van der Waals surface area contributed by atoms with Crippen molar-refractivity contribution in [3.05, 3.63) is 46.0 Å². The number of carbonyl (C=O) groups is 1. The molecule has 1 N–H and O–H groups in total. The second kappa shape index (κ2) is 7.91. The first-order valence-electron chi connectivity index (χ1n) is 8.92. The molecule has 0 fully saturated rings. The van der Waals surface area contributed by atoms with E-state index in [0.29, 0.717) is 24.6 Å². The second-order valence-corrected chi connectivity index (χ2v) is 9.09. The number of hydrogen-bond acceptors (Lipinski definition) is 4. The zero-order chi connectivity index (χ0) is 19.5. The Balaban J connectivity index is 2.04. The average Bonchev–Trinajstić information content (AvgIpc) is 3.02. The molecule has 2 aromatic rings. The Morgan fingerprint density at radius 2 is 1.81 bits per heavy atom. The Labute approximate surface area is 164 Å². The SMILES string of the molecule is CC(C)C(C)(NC(=O)CCc1nc(C(C)(C)C)no1)c1ccc(Br)cc1. The highest BCUT2D eigenvalue weighted by molar-refractivity contribution is 9.10. The van der Waals surface area contributed by atoms with Crippen LogP contribution < -0.4 is 5.32 Å². The number of halogens is 1. The molecule has 0 radical (unpaired) electrons. The third-order valence-electron chi connectivity index (χ3n) is 4.70. The van der Waals surface area contributed by atoms with E-state index in [9.17, 15) is 4.79 Å². The Morgan fingerprint density at radius 1 is 1.19 bits per heavy atom. The predicted molar refractivity (Wildman–Crippen MR) is 106 cm³/mol. The van der Waals surface area contributed by atoms with Crippen molar-refractivity contribution in [3.8, 4) is 0 Å². The molecule has 1 aromatic carbocycles. The van der Waals surface area contributed by atoms with E-state index in [-0.39, 0.29) is 17.2 Å². The number of hydrogen-bond donors (Lipinski definition) is 1. The number of nitrogens with zero attached hydrogens (tertiary/aromatic N) is 2. The lowest BCUT2D eigenvalue weighted by Gasteiger charge is -2.35. The minimum absolute atomic E-state index is 0.0281. The van der Waals surface area contributed by atoms with E-state index >= 15 is 0 Å². The van der Waals surface area contributed by atoms with Crippen LogP contribution in [-0.2, 0) is 22.2 Å². The minimum Gasteiger partial charge on any atom is -0.347 e. The largest absolute Gasteiger partial charge is 0.347 e. The number of aromatic nitrogens is 2. The Morgan fingerprint density at radius 3 is 2.31 bits per heavy atom. The molecule has 1 unspecified atom stereocenters. The lowest BCUT2D eigenvalue weighted by Crippen LogP contribution is -2.47. The third-order valence-corrected chi connectivity index (χ3v) is 5.23. The van der Waals surface area contributed by atoms with E-state index in [1.165, 1.54) is 0 Å². The zero-order valence-electron chi connectivity index (χ0n) is 16.4. The fourth-order valence-corrected chi connectivity index (χ4v) is 2.84. The van der Waals surface area contributed by atoms with Crippen molar-refractivity contribution in [2.24, 2.45) is 5.92 Å².